The maximum atomic E-state index is 12.8. The van der Waals surface area contributed by atoms with Gasteiger partial charge in [-0.25, -0.2) is 0 Å². The molecule has 2 aromatic carbocycles. The largest absolute Gasteiger partial charge is 0.497 e. The van der Waals surface area contributed by atoms with Crippen LogP contribution < -0.4 is 41.8 Å². The molecule has 656 valence electrons. The van der Waals surface area contributed by atoms with E-state index < -0.39 is 30.6 Å². The van der Waals surface area contributed by atoms with Crippen LogP contribution in [-0.2, 0) is 119 Å². The molecule has 5 amide bonds. The van der Waals surface area contributed by atoms with Crippen LogP contribution in [-0.4, -0.2) is 305 Å². The fraction of sp³-hybridized carbons (Fsp3) is 0.762. The molecule has 33 nitrogen and oxygen atoms in total. The Hall–Kier alpha value is -5.71. The third kappa shape index (κ3) is 63.2. The van der Waals surface area contributed by atoms with Crippen LogP contribution in [0.15, 0.2) is 48.5 Å². The summed E-state index contributed by atoms with van der Waals surface area (Å²) >= 11 is 0. The fourth-order valence-electron chi connectivity index (χ4n) is 9.54. The molecule has 113 heavy (non-hydrogen) atoms. The van der Waals surface area contributed by atoms with Crippen molar-refractivity contribution in [1.82, 2.24) is 26.6 Å². The number of carbonyl (C=O) groups is 5. The zero-order valence-corrected chi connectivity index (χ0v) is 70.7. The Morgan fingerprint density at radius 2 is 0.708 bits per heavy atom. The van der Waals surface area contributed by atoms with Crippen molar-refractivity contribution in [1.29, 1.82) is 0 Å². The summed E-state index contributed by atoms with van der Waals surface area (Å²) in [4.78, 5) is 59.8. The average molecular weight is 1620 g/mol. The lowest BCUT2D eigenvalue weighted by Gasteiger charge is -2.19. The molecule has 2 aromatic rings. The first-order valence-corrected chi connectivity index (χ1v) is 39.8. The van der Waals surface area contributed by atoms with Gasteiger partial charge in [0, 0.05) is 72.9 Å². The van der Waals surface area contributed by atoms with E-state index in [-0.39, 0.29) is 87.8 Å². The summed E-state index contributed by atoms with van der Waals surface area (Å²) in [6, 6.07) is 15.1. The molecule has 0 radical (unpaired) electrons. The number of nitrogens with two attached hydrogens (primary N) is 1. The molecule has 2 rings (SSSR count). The predicted octanol–water partition coefficient (Wildman–Crippen LogP) is 6.75. The zero-order chi connectivity index (χ0) is 83.6. The molecule has 8 unspecified atom stereocenters. The second-order valence-corrected chi connectivity index (χ2v) is 24.5. The Labute approximate surface area is 673 Å². The molecular weight excluding hydrogens is 1480 g/mol. The van der Waals surface area contributed by atoms with Crippen molar-refractivity contribution in [2.75, 3.05) is 226 Å². The van der Waals surface area contributed by atoms with Gasteiger partial charge in [-0.1, -0.05) is 52.0 Å². The lowest BCUT2D eigenvalue weighted by molar-refractivity contribution is -0.154. The summed E-state index contributed by atoms with van der Waals surface area (Å²) < 4.78 is 119. The molecule has 0 aliphatic carbocycles. The minimum Gasteiger partial charge on any atom is -0.497 e. The second kappa shape index (κ2) is 76.3. The van der Waals surface area contributed by atoms with Crippen molar-refractivity contribution in [2.24, 2.45) is 5.73 Å². The van der Waals surface area contributed by atoms with Gasteiger partial charge in [0.1, 0.15) is 17.5 Å². The molecule has 8 atom stereocenters. The summed E-state index contributed by atoms with van der Waals surface area (Å²) in [5, 5.41) is 13.6. The molecule has 0 aliphatic heterocycles. The third-order valence-corrected chi connectivity index (χ3v) is 15.7. The molecule has 7 N–H and O–H groups in total. The third-order valence-electron chi connectivity index (χ3n) is 15.7. The molecule has 0 bridgehead atoms. The first kappa shape index (κ1) is 107. The number of allylic oxidation sites excluding steroid dienone is 2. The summed E-state index contributed by atoms with van der Waals surface area (Å²) in [6.07, 6.45) is 1.24. The van der Waals surface area contributed by atoms with E-state index in [0.29, 0.717) is 198 Å². The van der Waals surface area contributed by atoms with Crippen LogP contribution in [0, 0.1) is 0 Å². The van der Waals surface area contributed by atoms with Crippen molar-refractivity contribution in [2.45, 2.75) is 178 Å². The van der Waals surface area contributed by atoms with E-state index in [4.69, 9.17) is 110 Å². The second-order valence-electron chi connectivity index (χ2n) is 24.5. The van der Waals surface area contributed by atoms with Crippen LogP contribution in [0.25, 0.3) is 11.1 Å². The average Bonchev–Trinajstić information content (AvgIpc) is 0.825. The van der Waals surface area contributed by atoms with E-state index in [9.17, 15) is 24.0 Å². The molecule has 0 saturated heterocycles. The highest BCUT2D eigenvalue weighted by molar-refractivity contribution is 5.91. The van der Waals surface area contributed by atoms with Crippen molar-refractivity contribution in [3.8, 4) is 11.5 Å². The highest BCUT2D eigenvalue weighted by Crippen LogP contribution is 2.33. The van der Waals surface area contributed by atoms with Crippen LogP contribution in [0.3, 0.4) is 0 Å². The molecule has 33 heteroatoms. The Morgan fingerprint density at radius 3 is 1.10 bits per heavy atom. The van der Waals surface area contributed by atoms with Gasteiger partial charge in [-0.2, -0.15) is 0 Å². The van der Waals surface area contributed by atoms with E-state index >= 15 is 0 Å². The zero-order valence-electron chi connectivity index (χ0n) is 70.7. The SMILES string of the molecule is CCC(=O)NCCOCCOC(C)OCCOCCOC(C)Oc1ccc(/C(CC)=C(\CC)c2ccc(OC)cc2)cc1.CCOC(C)OCCOCCOC(C)OCCOCCNC(=O)C(N)CC.CCOCCNC(=O)CCC(NC(=O)CCOCCOC)C(=O)NCCOCCOC(C)OCCOCCOC(C)OC. The Bertz CT molecular complexity index is 2610. The number of hydrogen-bond donors (Lipinski definition) is 6. The molecule has 0 aromatic heterocycles. The first-order chi connectivity index (χ1) is 54.7. The normalized spacial score (nSPS) is 13.6. The van der Waals surface area contributed by atoms with Crippen LogP contribution in [0.4, 0.5) is 0 Å². The van der Waals surface area contributed by atoms with E-state index in [1.807, 2.05) is 86.6 Å². The van der Waals surface area contributed by atoms with Gasteiger partial charge in [-0.3, -0.25) is 24.0 Å². The highest BCUT2D eigenvalue weighted by Gasteiger charge is 2.22. The first-order valence-electron chi connectivity index (χ1n) is 39.8. The quantitative estimate of drug-likeness (QED) is 0.0226. The van der Waals surface area contributed by atoms with Crippen molar-refractivity contribution < 1.29 is 128 Å². The van der Waals surface area contributed by atoms with Crippen LogP contribution >= 0.6 is 0 Å². The van der Waals surface area contributed by atoms with Gasteiger partial charge in [-0.05, 0) is 128 Å². The number of amides is 5. The molecule has 0 saturated carbocycles. The van der Waals surface area contributed by atoms with Gasteiger partial charge in [0.25, 0.3) is 0 Å². The highest BCUT2D eigenvalue weighted by atomic mass is 16.7. The lowest BCUT2D eigenvalue weighted by atomic mass is 9.91. The van der Waals surface area contributed by atoms with Gasteiger partial charge >= 0.3 is 0 Å². The monoisotopic (exact) mass is 1620 g/mol. The van der Waals surface area contributed by atoms with Crippen LogP contribution in [0.2, 0.25) is 0 Å². The number of hydrogen-bond acceptors (Lipinski definition) is 28. The van der Waals surface area contributed by atoms with Crippen LogP contribution in [0.5, 0.6) is 11.5 Å². The van der Waals surface area contributed by atoms with Gasteiger partial charge in [0.2, 0.25) is 29.5 Å². The van der Waals surface area contributed by atoms with E-state index in [0.717, 1.165) is 24.3 Å². The van der Waals surface area contributed by atoms with Crippen molar-refractivity contribution >= 4 is 40.7 Å². The smallest absolute Gasteiger partial charge is 0.242 e. The number of benzene rings is 2. The molecule has 0 heterocycles. The molecular formula is C80H144N6O27. The maximum Gasteiger partial charge on any atom is 0.242 e. The Morgan fingerprint density at radius 1 is 0.345 bits per heavy atom. The molecule has 0 fully saturated rings. The number of carbonyl (C=O) groups excluding carboxylic acids is 5. The van der Waals surface area contributed by atoms with Gasteiger partial charge in [0.05, 0.1) is 178 Å². The minimum absolute atomic E-state index is 0.0195. The van der Waals surface area contributed by atoms with E-state index in [2.05, 4.69) is 64.7 Å². The Kier molecular flexibility index (Phi) is 72.4. The van der Waals surface area contributed by atoms with Crippen molar-refractivity contribution in [3.63, 3.8) is 0 Å². The van der Waals surface area contributed by atoms with E-state index in [1.54, 1.807) is 28.3 Å². The predicted molar refractivity (Wildman–Crippen MR) is 427 cm³/mol. The fourth-order valence-corrected chi connectivity index (χ4v) is 9.54. The standard InChI is InChI=1S/C34H51NO8.C28H55N3O12.C18H38N2O7/c1-7-32(28-10-14-30(37-6)15-11-28)33(8-2)29-12-16-31(17-13-29)43-27(5)42-25-22-39-21-24-41-26(4)40-23-20-38-19-18-35-34(36)9-3;1-6-37-13-10-29-26(32)8-7-25(31-27(33)9-12-38-16-15-35-4)28(34)30-11-14-39-17-21-42-24(3)43-22-19-40-18-20-41-23(2)36-5;1-5-17(19)18(21)20-7-8-22-9-12-26-16(4)27-14-11-23-10-13-25-15(3)24-6-2/h10-17,26-27H,7-9,18-25H2,1-6H3,(H,35,36);23-25H,6-22H2,1-5H3,(H,29,32)(H,30,34)(H,31,33);15-17H,5-14,19H2,1-4H3,(H,20,21)/b33-32+;;. The van der Waals surface area contributed by atoms with Gasteiger partial charge in [0.15, 0.2) is 37.7 Å². The maximum absolute atomic E-state index is 12.8. The van der Waals surface area contributed by atoms with E-state index in [1.165, 1.54) is 22.3 Å². The number of rotatable bonds is 73. The summed E-state index contributed by atoms with van der Waals surface area (Å²) in [5.41, 5.74) is 10.7. The van der Waals surface area contributed by atoms with Crippen molar-refractivity contribution in [3.05, 3.63) is 59.7 Å². The van der Waals surface area contributed by atoms with Gasteiger partial charge in [-0.15, -0.1) is 0 Å². The van der Waals surface area contributed by atoms with Crippen LogP contribution in [0.1, 0.15) is 139 Å². The topological polar surface area (TPSA) is 375 Å². The summed E-state index contributed by atoms with van der Waals surface area (Å²) in [5.74, 6) is 0.494. The summed E-state index contributed by atoms with van der Waals surface area (Å²) in [6.45, 7) is 35.6. The number of ether oxygens (including phenoxy) is 22. The number of methoxy groups -OCH3 is 3. The number of nitrogens with one attached hydrogen (secondary N) is 5. The molecule has 0 aliphatic rings. The van der Waals surface area contributed by atoms with Gasteiger partial charge < -0.3 is 137 Å². The minimum atomic E-state index is -0.879. The lowest BCUT2D eigenvalue weighted by Crippen LogP contribution is -2.48. The molecule has 0 spiro atoms. The summed E-state index contributed by atoms with van der Waals surface area (Å²) in [7, 11) is 4.82. The Balaban J connectivity index is 0.00000171.